The van der Waals surface area contributed by atoms with Crippen molar-refractivity contribution < 1.29 is 9.59 Å². The molecule has 2 aliphatic rings. The van der Waals surface area contributed by atoms with Crippen molar-refractivity contribution in [3.05, 3.63) is 88.8 Å². The number of fused-ring (bicyclic) bond motifs is 1. The van der Waals surface area contributed by atoms with E-state index in [1.807, 2.05) is 11.0 Å². The smallest absolute Gasteiger partial charge is 0.290 e. The second-order valence-corrected chi connectivity index (χ2v) is 11.0. The maximum absolute atomic E-state index is 13.7. The lowest BCUT2D eigenvalue weighted by atomic mass is 9.76. The quantitative estimate of drug-likeness (QED) is 0.382. The van der Waals surface area contributed by atoms with Crippen molar-refractivity contribution in [2.75, 3.05) is 19.6 Å². The SMILES string of the molecule is C[C@@H](NCC1CN(C(=O)C2CCCCC2C(=O)N=O)CCC1c1ccccc1)c1cccc2ccccc12. The van der Waals surface area contributed by atoms with Crippen molar-refractivity contribution in [2.45, 2.75) is 51.0 Å². The lowest BCUT2D eigenvalue weighted by molar-refractivity contribution is -0.144. The molecule has 3 aromatic rings. The molecule has 1 aliphatic heterocycles. The van der Waals surface area contributed by atoms with Crippen molar-refractivity contribution >= 4 is 22.6 Å². The van der Waals surface area contributed by atoms with Crippen LogP contribution in [-0.4, -0.2) is 36.3 Å². The normalized spacial score (nSPS) is 24.6. The maximum Gasteiger partial charge on any atom is 0.290 e. The highest BCUT2D eigenvalue weighted by atomic mass is 16.3. The molecular weight excluding hydrogens is 474 g/mol. The summed E-state index contributed by atoms with van der Waals surface area (Å²) in [6.07, 6.45) is 3.89. The molecule has 198 valence electrons. The first-order valence-corrected chi connectivity index (χ1v) is 14.0. The van der Waals surface area contributed by atoms with Gasteiger partial charge in [0, 0.05) is 36.8 Å². The van der Waals surface area contributed by atoms with E-state index in [1.165, 1.54) is 21.9 Å². The van der Waals surface area contributed by atoms with Gasteiger partial charge in [-0.25, -0.2) is 0 Å². The Bertz CT molecular complexity index is 1270. The number of rotatable bonds is 7. The van der Waals surface area contributed by atoms with Crippen LogP contribution in [0.25, 0.3) is 10.8 Å². The summed E-state index contributed by atoms with van der Waals surface area (Å²) in [5.74, 6) is -1.06. The topological polar surface area (TPSA) is 78.8 Å². The van der Waals surface area contributed by atoms with Crippen molar-refractivity contribution in [3.8, 4) is 0 Å². The van der Waals surface area contributed by atoms with Crippen LogP contribution in [0.1, 0.15) is 62.1 Å². The largest absolute Gasteiger partial charge is 0.342 e. The number of carbonyl (C=O) groups is 2. The van der Waals surface area contributed by atoms with Crippen LogP contribution >= 0.6 is 0 Å². The zero-order chi connectivity index (χ0) is 26.5. The van der Waals surface area contributed by atoms with Gasteiger partial charge in [0.2, 0.25) is 5.91 Å². The van der Waals surface area contributed by atoms with Crippen molar-refractivity contribution in [2.24, 2.45) is 22.9 Å². The third kappa shape index (κ3) is 5.56. The predicted octanol–water partition coefficient (Wildman–Crippen LogP) is 6.22. The molecule has 1 N–H and O–H groups in total. The van der Waals surface area contributed by atoms with Gasteiger partial charge in [0.05, 0.1) is 5.92 Å². The average molecular weight is 512 g/mol. The Morgan fingerprint density at radius 1 is 0.921 bits per heavy atom. The van der Waals surface area contributed by atoms with Gasteiger partial charge in [0.1, 0.15) is 0 Å². The summed E-state index contributed by atoms with van der Waals surface area (Å²) < 4.78 is 0. The van der Waals surface area contributed by atoms with Gasteiger partial charge in [-0.3, -0.25) is 9.59 Å². The molecule has 5 rings (SSSR count). The number of hydrogen-bond donors (Lipinski definition) is 1. The van der Waals surface area contributed by atoms with E-state index in [2.05, 4.69) is 84.1 Å². The van der Waals surface area contributed by atoms with Gasteiger partial charge in [-0.05, 0) is 59.9 Å². The van der Waals surface area contributed by atoms with Gasteiger partial charge < -0.3 is 10.2 Å². The molecule has 1 saturated carbocycles. The summed E-state index contributed by atoms with van der Waals surface area (Å²) >= 11 is 0. The first kappa shape index (κ1) is 26.2. The summed E-state index contributed by atoms with van der Waals surface area (Å²) in [7, 11) is 0. The molecule has 1 saturated heterocycles. The summed E-state index contributed by atoms with van der Waals surface area (Å²) in [6, 6.07) is 25.7. The van der Waals surface area contributed by atoms with E-state index in [4.69, 9.17) is 0 Å². The molecule has 2 fully saturated rings. The Hall–Kier alpha value is -3.38. The standard InChI is InChI=1S/C32H37N3O3/c1-22(26-17-9-13-24-12-5-6-14-28(24)26)33-20-25-21-35(19-18-27(25)23-10-3-2-4-11-23)32(37)30-16-8-7-15-29(30)31(36)34-38/h2-6,9-14,17,22,25,27,29-30,33H,7-8,15-16,18-21H2,1H3/t22-,25?,27?,29?,30?/m1/s1. The summed E-state index contributed by atoms with van der Waals surface area (Å²) in [6.45, 7) is 4.28. The number of nitrogens with one attached hydrogen (secondary N) is 1. The highest BCUT2D eigenvalue weighted by molar-refractivity contribution is 5.88. The van der Waals surface area contributed by atoms with Crippen LogP contribution < -0.4 is 5.32 Å². The molecule has 0 bridgehead atoms. The Kier molecular flexibility index (Phi) is 8.28. The van der Waals surface area contributed by atoms with E-state index < -0.39 is 17.7 Å². The minimum absolute atomic E-state index is 0.0188. The zero-order valence-corrected chi connectivity index (χ0v) is 22.1. The third-order valence-electron chi connectivity index (χ3n) is 8.74. The fraction of sp³-hybridized carbons (Fsp3) is 0.438. The van der Waals surface area contributed by atoms with Crippen LogP contribution in [0.2, 0.25) is 0 Å². The van der Waals surface area contributed by atoms with E-state index >= 15 is 0 Å². The van der Waals surface area contributed by atoms with Crippen LogP contribution in [0.15, 0.2) is 78.0 Å². The molecule has 2 amide bonds. The Labute approximate surface area is 224 Å². The molecule has 1 heterocycles. The fourth-order valence-corrected chi connectivity index (χ4v) is 6.67. The Morgan fingerprint density at radius 2 is 1.63 bits per heavy atom. The summed E-state index contributed by atoms with van der Waals surface area (Å²) in [5, 5.41) is 8.96. The fourth-order valence-electron chi connectivity index (χ4n) is 6.67. The molecule has 1 aliphatic carbocycles. The van der Waals surface area contributed by atoms with Gasteiger partial charge in [0.15, 0.2) is 0 Å². The van der Waals surface area contributed by atoms with E-state index in [1.54, 1.807) is 0 Å². The van der Waals surface area contributed by atoms with E-state index in [-0.39, 0.29) is 17.9 Å². The molecule has 5 atom stereocenters. The van der Waals surface area contributed by atoms with Crippen molar-refractivity contribution in [1.82, 2.24) is 10.2 Å². The number of piperidine rings is 1. The molecule has 38 heavy (non-hydrogen) atoms. The van der Waals surface area contributed by atoms with Crippen molar-refractivity contribution in [3.63, 3.8) is 0 Å². The van der Waals surface area contributed by atoms with Crippen LogP contribution in [0.3, 0.4) is 0 Å². The number of nitrogens with zero attached hydrogens (tertiary/aromatic N) is 2. The predicted molar refractivity (Wildman–Crippen MR) is 150 cm³/mol. The molecule has 3 aromatic carbocycles. The Balaban J connectivity index is 1.34. The lowest BCUT2D eigenvalue weighted by Gasteiger charge is -2.42. The van der Waals surface area contributed by atoms with Gasteiger partial charge in [-0.1, -0.05) is 85.6 Å². The third-order valence-corrected chi connectivity index (χ3v) is 8.74. The number of likely N-dealkylation sites (tertiary alicyclic amines) is 1. The van der Waals surface area contributed by atoms with Crippen LogP contribution in [-0.2, 0) is 9.59 Å². The minimum atomic E-state index is -0.663. The van der Waals surface area contributed by atoms with Crippen LogP contribution in [0.5, 0.6) is 0 Å². The highest BCUT2D eigenvalue weighted by Crippen LogP contribution is 2.37. The molecular formula is C32H37N3O3. The van der Waals surface area contributed by atoms with E-state index in [9.17, 15) is 14.5 Å². The van der Waals surface area contributed by atoms with Crippen molar-refractivity contribution in [1.29, 1.82) is 0 Å². The number of carbonyl (C=O) groups excluding carboxylic acids is 2. The summed E-state index contributed by atoms with van der Waals surface area (Å²) in [4.78, 5) is 38.9. The molecule has 0 radical (unpaired) electrons. The average Bonchev–Trinajstić information content (AvgIpc) is 2.99. The van der Waals surface area contributed by atoms with Crippen LogP contribution in [0, 0.1) is 22.7 Å². The molecule has 6 nitrogen and oxygen atoms in total. The second-order valence-electron chi connectivity index (χ2n) is 11.0. The number of benzene rings is 3. The highest BCUT2D eigenvalue weighted by Gasteiger charge is 2.41. The van der Waals surface area contributed by atoms with Crippen LogP contribution in [0.4, 0.5) is 0 Å². The maximum atomic E-state index is 13.7. The second kappa shape index (κ2) is 12.0. The number of nitroso groups, excluding NO2 is 1. The first-order chi connectivity index (χ1) is 18.6. The lowest BCUT2D eigenvalue weighted by Crippen LogP contribution is -2.50. The van der Waals surface area contributed by atoms with E-state index in [0.29, 0.717) is 31.8 Å². The van der Waals surface area contributed by atoms with Gasteiger partial charge in [-0.2, -0.15) is 0 Å². The van der Waals surface area contributed by atoms with Gasteiger partial charge in [-0.15, -0.1) is 4.91 Å². The number of amides is 2. The van der Waals surface area contributed by atoms with Gasteiger partial charge >= 0.3 is 0 Å². The zero-order valence-electron chi connectivity index (χ0n) is 22.1. The van der Waals surface area contributed by atoms with Gasteiger partial charge in [0.25, 0.3) is 5.91 Å². The first-order valence-electron chi connectivity index (χ1n) is 14.0. The molecule has 0 spiro atoms. The minimum Gasteiger partial charge on any atom is -0.342 e. The monoisotopic (exact) mass is 511 g/mol. The molecule has 0 aromatic heterocycles. The Morgan fingerprint density at radius 3 is 2.42 bits per heavy atom. The summed E-state index contributed by atoms with van der Waals surface area (Å²) in [5.41, 5.74) is 2.58. The number of hydrogen-bond acceptors (Lipinski definition) is 4. The van der Waals surface area contributed by atoms with E-state index in [0.717, 1.165) is 25.8 Å². The molecule has 4 unspecified atom stereocenters. The molecule has 6 heteroatoms.